The standard InChI is InChI=1S/C15H21N3OS/c1-4-10(5-2)9(3)17-14(19)11-6-7-12-13(8-11)20-15(16)18-12/h6-10H,4-5H2,1-3H3,(H2,16,18)(H,17,19). The lowest BCUT2D eigenvalue weighted by molar-refractivity contribution is 0.0925. The molecule has 3 N–H and O–H groups in total. The largest absolute Gasteiger partial charge is 0.375 e. The fourth-order valence-electron chi connectivity index (χ4n) is 2.49. The van der Waals surface area contributed by atoms with E-state index in [-0.39, 0.29) is 11.9 Å². The van der Waals surface area contributed by atoms with Crippen molar-refractivity contribution in [3.8, 4) is 0 Å². The summed E-state index contributed by atoms with van der Waals surface area (Å²) in [5.41, 5.74) is 7.19. The highest BCUT2D eigenvalue weighted by Gasteiger charge is 2.17. The predicted octanol–water partition coefficient (Wildman–Crippen LogP) is 3.43. The molecule has 1 aromatic carbocycles. The van der Waals surface area contributed by atoms with Gasteiger partial charge in [-0.2, -0.15) is 0 Å². The van der Waals surface area contributed by atoms with E-state index in [2.05, 4.69) is 31.1 Å². The molecule has 2 aromatic rings. The summed E-state index contributed by atoms with van der Waals surface area (Å²) in [5.74, 6) is 0.486. The van der Waals surface area contributed by atoms with Crippen LogP contribution in [0, 0.1) is 5.92 Å². The summed E-state index contributed by atoms with van der Waals surface area (Å²) in [7, 11) is 0. The van der Waals surface area contributed by atoms with Gasteiger partial charge in [-0.1, -0.05) is 38.0 Å². The number of amides is 1. The zero-order valence-electron chi connectivity index (χ0n) is 12.1. The highest BCUT2D eigenvalue weighted by Crippen LogP contribution is 2.24. The van der Waals surface area contributed by atoms with Crippen LogP contribution >= 0.6 is 11.3 Å². The van der Waals surface area contributed by atoms with Gasteiger partial charge < -0.3 is 11.1 Å². The fourth-order valence-corrected chi connectivity index (χ4v) is 3.26. The molecule has 20 heavy (non-hydrogen) atoms. The Kier molecular flexibility index (Phi) is 4.60. The minimum atomic E-state index is -0.0294. The highest BCUT2D eigenvalue weighted by molar-refractivity contribution is 7.22. The molecule has 1 aromatic heterocycles. The van der Waals surface area contributed by atoms with Crippen molar-refractivity contribution >= 4 is 32.6 Å². The van der Waals surface area contributed by atoms with E-state index in [9.17, 15) is 4.79 Å². The van der Waals surface area contributed by atoms with Crippen molar-refractivity contribution in [2.75, 3.05) is 5.73 Å². The average Bonchev–Trinajstić information content (AvgIpc) is 2.78. The number of carbonyl (C=O) groups excluding carboxylic acids is 1. The predicted molar refractivity (Wildman–Crippen MR) is 85.0 cm³/mol. The number of rotatable bonds is 5. The quantitative estimate of drug-likeness (QED) is 0.886. The summed E-state index contributed by atoms with van der Waals surface area (Å²) in [6.45, 7) is 6.38. The Morgan fingerprint density at radius 2 is 2.10 bits per heavy atom. The first-order valence-corrected chi connectivity index (χ1v) is 7.83. The van der Waals surface area contributed by atoms with Gasteiger partial charge >= 0.3 is 0 Å². The van der Waals surface area contributed by atoms with Crippen molar-refractivity contribution < 1.29 is 4.79 Å². The summed E-state index contributed by atoms with van der Waals surface area (Å²) in [6, 6.07) is 5.69. The Labute approximate surface area is 123 Å². The number of hydrogen-bond donors (Lipinski definition) is 2. The van der Waals surface area contributed by atoms with Gasteiger partial charge in [-0.3, -0.25) is 4.79 Å². The molecule has 0 saturated heterocycles. The van der Waals surface area contributed by atoms with Crippen LogP contribution in [0.1, 0.15) is 44.0 Å². The van der Waals surface area contributed by atoms with Crippen LogP contribution in [0.15, 0.2) is 18.2 Å². The Balaban J connectivity index is 2.14. The first-order valence-electron chi connectivity index (χ1n) is 7.02. The van der Waals surface area contributed by atoms with Crippen molar-refractivity contribution in [3.63, 3.8) is 0 Å². The molecule has 0 spiro atoms. The SMILES string of the molecule is CCC(CC)C(C)NC(=O)c1ccc2nc(N)sc2c1. The third-order valence-electron chi connectivity index (χ3n) is 3.78. The molecular weight excluding hydrogens is 270 g/mol. The van der Waals surface area contributed by atoms with Crippen molar-refractivity contribution in [1.82, 2.24) is 10.3 Å². The van der Waals surface area contributed by atoms with Gasteiger partial charge in [0.25, 0.3) is 5.91 Å². The van der Waals surface area contributed by atoms with Gasteiger partial charge in [0.05, 0.1) is 10.2 Å². The third kappa shape index (κ3) is 3.10. The molecule has 0 aliphatic carbocycles. The molecule has 1 atom stereocenters. The topological polar surface area (TPSA) is 68.0 Å². The van der Waals surface area contributed by atoms with E-state index in [1.54, 1.807) is 6.07 Å². The summed E-state index contributed by atoms with van der Waals surface area (Å²) in [6.07, 6.45) is 2.14. The number of fused-ring (bicyclic) bond motifs is 1. The minimum Gasteiger partial charge on any atom is -0.375 e. The zero-order chi connectivity index (χ0) is 14.7. The molecule has 0 radical (unpaired) electrons. The maximum absolute atomic E-state index is 12.3. The third-order valence-corrected chi connectivity index (χ3v) is 4.63. The van der Waals surface area contributed by atoms with Crippen molar-refractivity contribution in [2.24, 2.45) is 5.92 Å². The second-order valence-corrected chi connectivity index (χ2v) is 6.14. The van der Waals surface area contributed by atoms with E-state index in [0.717, 1.165) is 23.1 Å². The van der Waals surface area contributed by atoms with Gasteiger partial charge in [0, 0.05) is 11.6 Å². The molecule has 1 heterocycles. The van der Waals surface area contributed by atoms with Crippen LogP contribution in [0.5, 0.6) is 0 Å². The van der Waals surface area contributed by atoms with Gasteiger partial charge in [-0.25, -0.2) is 4.98 Å². The summed E-state index contributed by atoms with van der Waals surface area (Å²) in [5, 5.41) is 3.61. The number of carbonyl (C=O) groups is 1. The second-order valence-electron chi connectivity index (χ2n) is 5.07. The molecular formula is C15H21N3OS. The Morgan fingerprint density at radius 1 is 1.40 bits per heavy atom. The number of benzene rings is 1. The van der Waals surface area contributed by atoms with Crippen LogP contribution in [0.25, 0.3) is 10.2 Å². The van der Waals surface area contributed by atoms with Crippen LogP contribution in [0.4, 0.5) is 5.13 Å². The Morgan fingerprint density at radius 3 is 2.75 bits per heavy atom. The summed E-state index contributed by atoms with van der Waals surface area (Å²) in [4.78, 5) is 16.5. The molecule has 1 amide bonds. The number of anilines is 1. The molecule has 0 saturated carbocycles. The van der Waals surface area contributed by atoms with Crippen LogP contribution < -0.4 is 11.1 Å². The highest BCUT2D eigenvalue weighted by atomic mass is 32.1. The zero-order valence-corrected chi connectivity index (χ0v) is 13.0. The molecule has 108 valence electrons. The van der Waals surface area contributed by atoms with E-state index < -0.39 is 0 Å². The maximum atomic E-state index is 12.3. The van der Waals surface area contributed by atoms with E-state index in [4.69, 9.17) is 5.73 Å². The van der Waals surface area contributed by atoms with Crippen LogP contribution in [0.3, 0.4) is 0 Å². The number of nitrogen functional groups attached to an aromatic ring is 1. The van der Waals surface area contributed by atoms with E-state index in [1.165, 1.54) is 11.3 Å². The number of aromatic nitrogens is 1. The molecule has 0 fully saturated rings. The molecule has 4 nitrogen and oxygen atoms in total. The minimum absolute atomic E-state index is 0.0294. The number of nitrogens with two attached hydrogens (primary N) is 1. The normalized spacial score (nSPS) is 12.8. The van der Waals surface area contributed by atoms with Crippen molar-refractivity contribution in [3.05, 3.63) is 23.8 Å². The van der Waals surface area contributed by atoms with Crippen LogP contribution in [-0.4, -0.2) is 16.9 Å². The summed E-state index contributed by atoms with van der Waals surface area (Å²) >= 11 is 1.40. The summed E-state index contributed by atoms with van der Waals surface area (Å²) < 4.78 is 0.949. The van der Waals surface area contributed by atoms with Gasteiger partial charge in [0.1, 0.15) is 0 Å². The lowest BCUT2D eigenvalue weighted by Gasteiger charge is -2.22. The fraction of sp³-hybridized carbons (Fsp3) is 0.467. The molecule has 1 unspecified atom stereocenters. The number of nitrogens with one attached hydrogen (secondary N) is 1. The average molecular weight is 291 g/mol. The lowest BCUT2D eigenvalue weighted by Crippen LogP contribution is -2.37. The van der Waals surface area contributed by atoms with E-state index in [1.807, 2.05) is 12.1 Å². The van der Waals surface area contributed by atoms with Gasteiger partial charge in [-0.15, -0.1) is 0 Å². The molecule has 2 rings (SSSR count). The number of nitrogens with zero attached hydrogens (tertiary/aromatic N) is 1. The number of hydrogen-bond acceptors (Lipinski definition) is 4. The van der Waals surface area contributed by atoms with Gasteiger partial charge in [0.2, 0.25) is 0 Å². The molecule has 0 bridgehead atoms. The van der Waals surface area contributed by atoms with E-state index >= 15 is 0 Å². The Hall–Kier alpha value is -1.62. The van der Waals surface area contributed by atoms with Gasteiger partial charge in [-0.05, 0) is 31.0 Å². The van der Waals surface area contributed by atoms with Crippen LogP contribution in [-0.2, 0) is 0 Å². The molecule has 0 aliphatic heterocycles. The van der Waals surface area contributed by atoms with Crippen molar-refractivity contribution in [2.45, 2.75) is 39.7 Å². The maximum Gasteiger partial charge on any atom is 0.251 e. The molecule has 0 aliphatic rings. The van der Waals surface area contributed by atoms with Gasteiger partial charge in [0.15, 0.2) is 5.13 Å². The first-order chi connectivity index (χ1) is 9.55. The first kappa shape index (κ1) is 14.8. The van der Waals surface area contributed by atoms with Crippen LogP contribution in [0.2, 0.25) is 0 Å². The van der Waals surface area contributed by atoms with Crippen molar-refractivity contribution in [1.29, 1.82) is 0 Å². The smallest absolute Gasteiger partial charge is 0.251 e. The van der Waals surface area contributed by atoms with E-state index in [0.29, 0.717) is 16.6 Å². The number of thiazole rings is 1. The second kappa shape index (κ2) is 6.22. The monoisotopic (exact) mass is 291 g/mol. The Bertz CT molecular complexity index is 604. The molecule has 5 heteroatoms. The lowest BCUT2D eigenvalue weighted by atomic mass is 9.95.